The summed E-state index contributed by atoms with van der Waals surface area (Å²) in [7, 11) is 0. The van der Waals surface area contributed by atoms with E-state index in [1.54, 1.807) is 6.07 Å². The van der Waals surface area contributed by atoms with Gasteiger partial charge in [0.1, 0.15) is 17.6 Å². The number of anilines is 1. The van der Waals surface area contributed by atoms with E-state index in [-0.39, 0.29) is 44.3 Å². The minimum atomic E-state index is -4.64. The van der Waals surface area contributed by atoms with Gasteiger partial charge in [-0.1, -0.05) is 23.2 Å². The summed E-state index contributed by atoms with van der Waals surface area (Å²) in [5.41, 5.74) is 4.66. The second-order valence-electron chi connectivity index (χ2n) is 4.87. The molecule has 2 aromatic rings. The lowest BCUT2D eigenvalue weighted by Gasteiger charge is -2.13. The quantitative estimate of drug-likeness (QED) is 0.696. The molecule has 0 spiro atoms. The van der Waals surface area contributed by atoms with Gasteiger partial charge in [-0.3, -0.25) is 4.79 Å². The highest BCUT2D eigenvalue weighted by atomic mass is 35.5. The van der Waals surface area contributed by atoms with Crippen LogP contribution in [0.15, 0.2) is 17.0 Å². The van der Waals surface area contributed by atoms with E-state index < -0.39 is 17.7 Å². The molecule has 0 atom stereocenters. The number of nitriles is 1. The maximum Gasteiger partial charge on any atom is 0.416 e. The van der Waals surface area contributed by atoms with Gasteiger partial charge in [0, 0.05) is 5.75 Å². The third-order valence-electron chi connectivity index (χ3n) is 3.10. The van der Waals surface area contributed by atoms with Crippen molar-refractivity contribution in [1.29, 1.82) is 5.26 Å². The molecular formula is C14H9Cl2F3N4O2S. The first-order valence-electron chi connectivity index (χ1n) is 6.76. The Kier molecular flexibility index (Phi) is 5.95. The molecule has 0 saturated carbocycles. The molecule has 12 heteroatoms. The monoisotopic (exact) mass is 424 g/mol. The number of carboxylic acid groups (broad SMARTS) is 1. The fraction of sp³-hybridized carbons (Fsp3) is 0.214. The van der Waals surface area contributed by atoms with Crippen molar-refractivity contribution in [2.75, 3.05) is 11.5 Å². The molecule has 26 heavy (non-hydrogen) atoms. The lowest BCUT2D eigenvalue weighted by molar-refractivity contribution is -0.138. The summed E-state index contributed by atoms with van der Waals surface area (Å²) in [5, 5.41) is 21.1. The smallest absolute Gasteiger partial charge is 0.416 e. The van der Waals surface area contributed by atoms with Gasteiger partial charge in [0.25, 0.3) is 0 Å². The van der Waals surface area contributed by atoms with E-state index in [9.17, 15) is 23.2 Å². The molecular weight excluding hydrogens is 416 g/mol. The second-order valence-corrected chi connectivity index (χ2v) is 6.78. The topological polar surface area (TPSA) is 105 Å². The number of nitrogens with zero attached hydrogens (tertiary/aromatic N) is 3. The average Bonchev–Trinajstić information content (AvgIpc) is 2.82. The number of nitrogen functional groups attached to an aromatic ring is 1. The molecule has 0 aliphatic rings. The largest absolute Gasteiger partial charge is 0.481 e. The third kappa shape index (κ3) is 4.17. The van der Waals surface area contributed by atoms with Crippen LogP contribution in [0.25, 0.3) is 5.69 Å². The Balaban J connectivity index is 2.51. The van der Waals surface area contributed by atoms with Crippen LogP contribution >= 0.6 is 35.0 Å². The number of alkyl halides is 3. The molecule has 0 fully saturated rings. The van der Waals surface area contributed by atoms with E-state index in [0.717, 1.165) is 16.4 Å². The lowest BCUT2D eigenvalue weighted by Crippen LogP contribution is -2.08. The van der Waals surface area contributed by atoms with E-state index in [4.69, 9.17) is 34.0 Å². The van der Waals surface area contributed by atoms with Crippen LogP contribution in [0, 0.1) is 11.3 Å². The van der Waals surface area contributed by atoms with Crippen LogP contribution < -0.4 is 5.73 Å². The van der Waals surface area contributed by atoms with Gasteiger partial charge in [-0.2, -0.15) is 23.5 Å². The number of rotatable bonds is 5. The van der Waals surface area contributed by atoms with E-state index in [0.29, 0.717) is 12.1 Å². The van der Waals surface area contributed by atoms with Gasteiger partial charge in [-0.25, -0.2) is 4.68 Å². The van der Waals surface area contributed by atoms with Gasteiger partial charge >= 0.3 is 12.1 Å². The number of hydrogen-bond acceptors (Lipinski definition) is 5. The van der Waals surface area contributed by atoms with Crippen LogP contribution in [0.1, 0.15) is 17.7 Å². The average molecular weight is 425 g/mol. The molecule has 1 aromatic heterocycles. The van der Waals surface area contributed by atoms with E-state index >= 15 is 0 Å². The number of nitrogens with two attached hydrogens (primary N) is 1. The second kappa shape index (κ2) is 7.65. The number of aliphatic carboxylic acids is 1. The summed E-state index contributed by atoms with van der Waals surface area (Å²) >= 11 is 12.8. The first-order chi connectivity index (χ1) is 12.1. The first kappa shape index (κ1) is 20.2. The Morgan fingerprint density at radius 1 is 1.38 bits per heavy atom. The van der Waals surface area contributed by atoms with Crippen molar-refractivity contribution in [3.8, 4) is 11.8 Å². The maximum absolute atomic E-state index is 12.8. The van der Waals surface area contributed by atoms with Gasteiger partial charge in [0.15, 0.2) is 5.69 Å². The number of hydrogen-bond donors (Lipinski definition) is 2. The molecule has 3 N–H and O–H groups in total. The molecule has 0 aliphatic carbocycles. The third-order valence-corrected chi connectivity index (χ3v) is 4.78. The van der Waals surface area contributed by atoms with Crippen LogP contribution in [0.5, 0.6) is 0 Å². The Morgan fingerprint density at radius 2 is 1.96 bits per heavy atom. The van der Waals surface area contributed by atoms with Crippen LogP contribution in [0.3, 0.4) is 0 Å². The minimum absolute atomic E-state index is 0.0829. The molecule has 0 amide bonds. The fourth-order valence-electron chi connectivity index (χ4n) is 1.97. The molecule has 0 radical (unpaired) electrons. The Hall–Kier alpha value is -2.09. The number of aromatic nitrogens is 2. The van der Waals surface area contributed by atoms with Gasteiger partial charge in [-0.05, 0) is 12.1 Å². The zero-order valence-electron chi connectivity index (χ0n) is 12.6. The van der Waals surface area contributed by atoms with Crippen molar-refractivity contribution in [2.24, 2.45) is 0 Å². The fourth-order valence-corrected chi connectivity index (χ4v) is 3.56. The van der Waals surface area contributed by atoms with Crippen molar-refractivity contribution >= 4 is 46.8 Å². The SMILES string of the molecule is N#Cc1nn(-c2c(Cl)cc(C(F)(F)F)cc2Cl)c(N)c1SCCC(=O)O. The van der Waals surface area contributed by atoms with Crippen molar-refractivity contribution in [2.45, 2.75) is 17.5 Å². The van der Waals surface area contributed by atoms with Gasteiger partial charge < -0.3 is 10.8 Å². The zero-order valence-corrected chi connectivity index (χ0v) is 15.0. The number of thioether (sulfide) groups is 1. The molecule has 1 heterocycles. The summed E-state index contributed by atoms with van der Waals surface area (Å²) in [6.45, 7) is 0. The zero-order chi connectivity index (χ0) is 19.6. The number of carbonyl (C=O) groups is 1. The van der Waals surface area contributed by atoms with Gasteiger partial charge in [-0.15, -0.1) is 11.8 Å². The number of carboxylic acids is 1. The van der Waals surface area contributed by atoms with Crippen LogP contribution in [0.2, 0.25) is 10.0 Å². The Labute approximate surface area is 159 Å². The lowest BCUT2D eigenvalue weighted by atomic mass is 10.2. The summed E-state index contributed by atoms with van der Waals surface area (Å²) in [5.74, 6) is -0.995. The first-order valence-corrected chi connectivity index (χ1v) is 8.50. The predicted octanol–water partition coefficient (Wildman–Crippen LogP) is 4.22. The summed E-state index contributed by atoms with van der Waals surface area (Å²) in [4.78, 5) is 10.8. The van der Waals surface area contributed by atoms with Crippen LogP contribution in [-0.2, 0) is 11.0 Å². The van der Waals surface area contributed by atoms with E-state index in [2.05, 4.69) is 5.10 Å². The number of benzene rings is 1. The highest BCUT2D eigenvalue weighted by Crippen LogP contribution is 2.40. The van der Waals surface area contributed by atoms with Gasteiger partial charge in [0.2, 0.25) is 0 Å². The highest BCUT2D eigenvalue weighted by Gasteiger charge is 2.32. The molecule has 138 valence electrons. The molecule has 6 nitrogen and oxygen atoms in total. The molecule has 1 aromatic carbocycles. The minimum Gasteiger partial charge on any atom is -0.481 e. The summed E-state index contributed by atoms with van der Waals surface area (Å²) < 4.78 is 39.5. The maximum atomic E-state index is 12.8. The van der Waals surface area contributed by atoms with Crippen molar-refractivity contribution in [1.82, 2.24) is 9.78 Å². The summed E-state index contributed by atoms with van der Waals surface area (Å²) in [6, 6.07) is 3.14. The molecule has 0 aliphatic heterocycles. The molecule has 0 bridgehead atoms. The highest BCUT2D eigenvalue weighted by molar-refractivity contribution is 7.99. The Morgan fingerprint density at radius 3 is 2.42 bits per heavy atom. The van der Waals surface area contributed by atoms with Crippen molar-refractivity contribution in [3.05, 3.63) is 33.4 Å². The van der Waals surface area contributed by atoms with Crippen molar-refractivity contribution < 1.29 is 23.1 Å². The molecule has 0 saturated heterocycles. The standard InChI is InChI=1S/C14H9Cl2F3N4O2S/c15-7-3-6(14(17,18)19)4-8(16)11(7)23-13(21)12(9(5-20)22-23)26-2-1-10(24)25/h3-4H,1-2,21H2,(H,24,25). The van der Waals surface area contributed by atoms with Crippen LogP contribution in [-0.4, -0.2) is 26.6 Å². The van der Waals surface area contributed by atoms with Crippen molar-refractivity contribution in [3.63, 3.8) is 0 Å². The van der Waals surface area contributed by atoms with Gasteiger partial charge in [0.05, 0.1) is 26.9 Å². The Bertz CT molecular complexity index is 886. The molecule has 0 unspecified atom stereocenters. The van der Waals surface area contributed by atoms with Crippen LogP contribution in [0.4, 0.5) is 19.0 Å². The van der Waals surface area contributed by atoms with E-state index in [1.165, 1.54) is 0 Å². The molecule has 2 rings (SSSR count). The van der Waals surface area contributed by atoms with E-state index in [1.807, 2.05) is 0 Å². The summed E-state index contributed by atoms with van der Waals surface area (Å²) in [6.07, 6.45) is -4.82. The number of halogens is 5. The normalized spacial score (nSPS) is 11.4. The predicted molar refractivity (Wildman–Crippen MR) is 90.7 cm³/mol.